The Labute approximate surface area is 225 Å². The molecular formula is C30H27N3O4S. The van der Waals surface area contributed by atoms with Gasteiger partial charge in [-0.1, -0.05) is 78.5 Å². The molecule has 0 aromatic heterocycles. The van der Waals surface area contributed by atoms with Crippen molar-refractivity contribution in [3.8, 4) is 0 Å². The first-order valence-electron chi connectivity index (χ1n) is 12.4. The van der Waals surface area contributed by atoms with Gasteiger partial charge >= 0.3 is 0 Å². The fourth-order valence-electron chi connectivity index (χ4n) is 4.99. The van der Waals surface area contributed by atoms with Gasteiger partial charge in [0, 0.05) is 6.42 Å². The number of hydrogen-bond acceptors (Lipinski definition) is 6. The molecule has 0 fully saturated rings. The number of imide groups is 1. The largest absolute Gasteiger partial charge is 0.299 e. The van der Waals surface area contributed by atoms with Crippen LogP contribution in [0.4, 0.5) is 10.5 Å². The minimum absolute atomic E-state index is 0.0739. The second kappa shape index (κ2) is 10.0. The van der Waals surface area contributed by atoms with E-state index in [0.717, 1.165) is 22.9 Å². The molecule has 0 bridgehead atoms. The average Bonchev–Trinajstić information content (AvgIpc) is 3.10. The predicted molar refractivity (Wildman–Crippen MR) is 148 cm³/mol. The van der Waals surface area contributed by atoms with E-state index in [1.54, 1.807) is 50.2 Å². The zero-order chi connectivity index (χ0) is 27.0. The molecule has 8 heteroatoms. The number of anilines is 1. The monoisotopic (exact) mass is 525 g/mol. The molecule has 3 aromatic rings. The first-order valence-corrected chi connectivity index (χ1v) is 13.3. The Hall–Kier alpha value is -4.04. The maximum atomic E-state index is 14.1. The summed E-state index contributed by atoms with van der Waals surface area (Å²) in [6, 6.07) is 23.5. The highest BCUT2D eigenvalue weighted by Crippen LogP contribution is 2.44. The summed E-state index contributed by atoms with van der Waals surface area (Å²) in [7, 11) is 0. The number of thioether (sulfide) groups is 1. The number of benzene rings is 3. The molecule has 0 saturated heterocycles. The maximum Gasteiger partial charge on any atom is 0.299 e. The second-order valence-electron chi connectivity index (χ2n) is 9.96. The maximum absolute atomic E-state index is 14.1. The number of ketones is 1. The number of carbonyl (C=O) groups excluding carboxylic acids is 4. The molecule has 2 aliphatic heterocycles. The van der Waals surface area contributed by atoms with Gasteiger partial charge < -0.3 is 0 Å². The van der Waals surface area contributed by atoms with Crippen molar-refractivity contribution in [2.45, 2.75) is 43.8 Å². The van der Waals surface area contributed by atoms with Crippen LogP contribution in [-0.4, -0.2) is 33.8 Å². The van der Waals surface area contributed by atoms with E-state index in [4.69, 9.17) is 0 Å². The molecule has 0 spiro atoms. The molecule has 1 N–H and O–H groups in total. The highest BCUT2D eigenvalue weighted by Gasteiger charge is 2.49. The number of amides is 3. The third-order valence-corrected chi connectivity index (χ3v) is 7.91. The standard InChI is InChI=1S/C30H27N3O4S/c1-18-26(31-32-29(37)38-18)21-14-15-23-22(17-21)30(2,3)28(36)33(23)27(35)25(20-12-8-5-9-13-20)24(34)16-19-10-6-4-7-11-19/h4-15,17-18,25H,16H2,1-3H3,(H,32,37). The lowest BCUT2D eigenvalue weighted by Gasteiger charge is -2.24. The van der Waals surface area contributed by atoms with Crippen molar-refractivity contribution in [3.05, 3.63) is 101 Å². The summed E-state index contributed by atoms with van der Waals surface area (Å²) in [5.41, 5.74) is 5.43. The van der Waals surface area contributed by atoms with Gasteiger partial charge in [0.15, 0.2) is 5.78 Å². The predicted octanol–water partition coefficient (Wildman–Crippen LogP) is 4.98. The van der Waals surface area contributed by atoms with E-state index in [-0.39, 0.29) is 28.6 Å². The number of hydrogen-bond donors (Lipinski definition) is 1. The summed E-state index contributed by atoms with van der Waals surface area (Å²) in [6.07, 6.45) is 0.0739. The molecule has 0 radical (unpaired) electrons. The van der Waals surface area contributed by atoms with Gasteiger partial charge in [0.2, 0.25) is 11.8 Å². The van der Waals surface area contributed by atoms with Gasteiger partial charge in [-0.2, -0.15) is 5.10 Å². The highest BCUT2D eigenvalue weighted by atomic mass is 32.2. The zero-order valence-electron chi connectivity index (χ0n) is 21.3. The van der Waals surface area contributed by atoms with Gasteiger partial charge in [0.05, 0.1) is 22.1 Å². The van der Waals surface area contributed by atoms with E-state index in [2.05, 4.69) is 10.5 Å². The summed E-state index contributed by atoms with van der Waals surface area (Å²) < 4.78 is 0. The molecule has 5 rings (SSSR count). The van der Waals surface area contributed by atoms with Crippen LogP contribution in [-0.2, 0) is 26.2 Å². The van der Waals surface area contributed by atoms with Crippen LogP contribution in [0, 0.1) is 0 Å². The average molecular weight is 526 g/mol. The van der Waals surface area contributed by atoms with E-state index in [1.165, 1.54) is 4.90 Å². The Kier molecular flexibility index (Phi) is 6.75. The van der Waals surface area contributed by atoms with Crippen molar-refractivity contribution in [2.75, 3.05) is 4.90 Å². The van der Waals surface area contributed by atoms with Crippen LogP contribution in [0.1, 0.15) is 48.9 Å². The van der Waals surface area contributed by atoms with Crippen LogP contribution in [0.3, 0.4) is 0 Å². The molecule has 3 amide bonds. The van der Waals surface area contributed by atoms with Crippen LogP contribution in [0.2, 0.25) is 0 Å². The molecule has 7 nitrogen and oxygen atoms in total. The van der Waals surface area contributed by atoms with Crippen LogP contribution < -0.4 is 10.3 Å². The summed E-state index contributed by atoms with van der Waals surface area (Å²) in [6.45, 7) is 5.44. The zero-order valence-corrected chi connectivity index (χ0v) is 22.1. The fraction of sp³-hybridized carbons (Fsp3) is 0.233. The van der Waals surface area contributed by atoms with Gasteiger partial charge in [-0.05, 0) is 55.2 Å². The van der Waals surface area contributed by atoms with Crippen LogP contribution in [0.25, 0.3) is 0 Å². The van der Waals surface area contributed by atoms with Gasteiger partial charge in [0.1, 0.15) is 5.92 Å². The van der Waals surface area contributed by atoms with Crippen LogP contribution in [0.5, 0.6) is 0 Å². The fourth-order valence-corrected chi connectivity index (χ4v) is 5.71. The number of Topliss-reactive ketones (excluding diaryl/α,β-unsaturated/α-hetero) is 1. The quantitative estimate of drug-likeness (QED) is 0.458. The molecule has 2 heterocycles. The van der Waals surface area contributed by atoms with E-state index in [9.17, 15) is 19.2 Å². The molecule has 0 aliphatic carbocycles. The lowest BCUT2D eigenvalue weighted by atomic mass is 9.85. The van der Waals surface area contributed by atoms with Crippen molar-refractivity contribution in [2.24, 2.45) is 5.10 Å². The number of rotatable bonds is 6. The molecule has 2 unspecified atom stereocenters. The molecular weight excluding hydrogens is 498 g/mol. The van der Waals surface area contributed by atoms with Crippen LogP contribution >= 0.6 is 11.8 Å². The molecule has 3 aromatic carbocycles. The number of nitrogens with one attached hydrogen (secondary N) is 1. The Morgan fingerprint density at radius 2 is 1.66 bits per heavy atom. The van der Waals surface area contributed by atoms with Crippen molar-refractivity contribution in [1.29, 1.82) is 0 Å². The summed E-state index contributed by atoms with van der Waals surface area (Å²) >= 11 is 1.14. The minimum Gasteiger partial charge on any atom is -0.298 e. The number of nitrogens with zero attached hydrogens (tertiary/aromatic N) is 2. The Morgan fingerprint density at radius 3 is 2.32 bits per heavy atom. The topological polar surface area (TPSA) is 95.9 Å². The van der Waals surface area contributed by atoms with E-state index >= 15 is 0 Å². The molecule has 2 aliphatic rings. The second-order valence-corrected chi connectivity index (χ2v) is 11.3. The molecule has 0 saturated carbocycles. The lowest BCUT2D eigenvalue weighted by molar-refractivity contribution is -0.132. The minimum atomic E-state index is -1.13. The summed E-state index contributed by atoms with van der Waals surface area (Å²) in [5, 5.41) is 3.84. The summed E-state index contributed by atoms with van der Waals surface area (Å²) in [4.78, 5) is 54.3. The highest BCUT2D eigenvalue weighted by molar-refractivity contribution is 8.14. The molecule has 38 heavy (non-hydrogen) atoms. The Balaban J connectivity index is 1.54. The van der Waals surface area contributed by atoms with Crippen molar-refractivity contribution >= 4 is 46.0 Å². The van der Waals surface area contributed by atoms with Gasteiger partial charge in [-0.25, -0.2) is 10.3 Å². The van der Waals surface area contributed by atoms with Crippen LogP contribution in [0.15, 0.2) is 84.0 Å². The number of fused-ring (bicyclic) bond motifs is 1. The third-order valence-electron chi connectivity index (χ3n) is 7.02. The SMILES string of the molecule is CC1SC(=O)NN=C1c1ccc2c(c1)C(C)(C)C(=O)N2C(=O)C(C(=O)Cc1ccccc1)c1ccccc1. The van der Waals surface area contributed by atoms with Gasteiger partial charge in [-0.3, -0.25) is 19.2 Å². The van der Waals surface area contributed by atoms with E-state index in [1.807, 2.05) is 49.4 Å². The first kappa shape index (κ1) is 25.6. The normalized spacial score (nSPS) is 18.9. The smallest absolute Gasteiger partial charge is 0.298 e. The first-order chi connectivity index (χ1) is 18.2. The Morgan fingerprint density at radius 1 is 1.00 bits per heavy atom. The Bertz CT molecular complexity index is 1470. The third kappa shape index (κ3) is 4.56. The molecule has 192 valence electrons. The van der Waals surface area contributed by atoms with Crippen molar-refractivity contribution in [1.82, 2.24) is 5.43 Å². The van der Waals surface area contributed by atoms with Gasteiger partial charge in [0.25, 0.3) is 5.24 Å². The number of hydrazone groups is 1. The van der Waals surface area contributed by atoms with Crippen molar-refractivity contribution < 1.29 is 19.2 Å². The van der Waals surface area contributed by atoms with E-state index < -0.39 is 17.2 Å². The lowest BCUT2D eigenvalue weighted by Crippen LogP contribution is -2.44. The molecule has 2 atom stereocenters. The summed E-state index contributed by atoms with van der Waals surface area (Å²) in [5.74, 6) is -2.35. The van der Waals surface area contributed by atoms with Crippen molar-refractivity contribution in [3.63, 3.8) is 0 Å². The van der Waals surface area contributed by atoms with Gasteiger partial charge in [-0.15, -0.1) is 0 Å². The van der Waals surface area contributed by atoms with E-state index in [0.29, 0.717) is 22.5 Å². The number of carbonyl (C=O) groups is 4.